The molecule has 1 atom stereocenters. The number of carbonyl (C=O) groups excluding carboxylic acids is 1. The van der Waals surface area contributed by atoms with Gasteiger partial charge < -0.3 is 21.1 Å². The Morgan fingerprint density at radius 2 is 2.14 bits per heavy atom. The second kappa shape index (κ2) is 5.42. The van der Waals surface area contributed by atoms with Crippen LogP contribution in [0.5, 0.6) is 5.75 Å². The highest BCUT2D eigenvalue weighted by Gasteiger charge is 2.39. The number of anilines is 2. The molecule has 1 aromatic carbocycles. The van der Waals surface area contributed by atoms with Crippen LogP contribution in [0.4, 0.5) is 15.8 Å². The van der Waals surface area contributed by atoms with Crippen molar-refractivity contribution in [1.82, 2.24) is 0 Å². The van der Waals surface area contributed by atoms with E-state index in [1.165, 1.54) is 6.07 Å². The van der Waals surface area contributed by atoms with Gasteiger partial charge >= 0.3 is 0 Å². The Balaban J connectivity index is 2.30. The Kier molecular flexibility index (Phi) is 3.98. The van der Waals surface area contributed by atoms with Gasteiger partial charge in [0, 0.05) is 25.2 Å². The molecule has 116 valence electrons. The Morgan fingerprint density at radius 1 is 1.48 bits per heavy atom. The van der Waals surface area contributed by atoms with E-state index in [2.05, 4.69) is 0 Å². The minimum absolute atomic E-state index is 0.134. The zero-order valence-electron chi connectivity index (χ0n) is 12.6. The molecule has 0 aromatic heterocycles. The maximum Gasteiger partial charge on any atom is 0.225 e. The predicted octanol–water partition coefficient (Wildman–Crippen LogP) is 1.90. The first-order chi connectivity index (χ1) is 9.73. The fourth-order valence-electron chi connectivity index (χ4n) is 2.54. The molecule has 0 radical (unpaired) electrons. The van der Waals surface area contributed by atoms with Crippen LogP contribution in [0.1, 0.15) is 27.2 Å². The quantitative estimate of drug-likeness (QED) is 0.831. The minimum atomic E-state index is -0.583. The molecule has 1 saturated heterocycles. The van der Waals surface area contributed by atoms with Gasteiger partial charge in [0.25, 0.3) is 0 Å². The van der Waals surface area contributed by atoms with E-state index in [1.54, 1.807) is 6.07 Å². The zero-order valence-corrected chi connectivity index (χ0v) is 12.6. The molecule has 0 bridgehead atoms. The van der Waals surface area contributed by atoms with Crippen LogP contribution in [-0.4, -0.2) is 25.1 Å². The number of nitrogens with two attached hydrogens (primary N) is 2. The standard InChI is InChI=1S/C15H22FN3O2/c1-9(2)21-13-7-12(11(17)6-10(13)16)19-5-4-15(3,8-19)14(18)20/h6-7,9H,4-5,8,17H2,1-3H3,(H2,18,20). The average Bonchev–Trinajstić information content (AvgIpc) is 2.76. The Hall–Kier alpha value is -1.98. The third kappa shape index (κ3) is 3.04. The van der Waals surface area contributed by atoms with Crippen LogP contribution in [0.15, 0.2) is 12.1 Å². The van der Waals surface area contributed by atoms with Crippen LogP contribution in [0.3, 0.4) is 0 Å². The van der Waals surface area contributed by atoms with E-state index >= 15 is 0 Å². The van der Waals surface area contributed by atoms with E-state index in [0.29, 0.717) is 30.9 Å². The molecule has 1 aromatic rings. The van der Waals surface area contributed by atoms with Crippen LogP contribution >= 0.6 is 0 Å². The number of benzene rings is 1. The summed E-state index contributed by atoms with van der Waals surface area (Å²) in [5.41, 5.74) is 11.8. The lowest BCUT2D eigenvalue weighted by atomic mass is 9.89. The number of amides is 1. The number of carbonyl (C=O) groups is 1. The second-order valence-electron chi connectivity index (χ2n) is 6.10. The summed E-state index contributed by atoms with van der Waals surface area (Å²) in [6, 6.07) is 2.85. The van der Waals surface area contributed by atoms with E-state index in [0.717, 1.165) is 0 Å². The van der Waals surface area contributed by atoms with Gasteiger partial charge in [-0.25, -0.2) is 4.39 Å². The average molecular weight is 295 g/mol. The van der Waals surface area contributed by atoms with Crippen LogP contribution in [0, 0.1) is 11.2 Å². The number of primary amides is 1. The Bertz CT molecular complexity index is 562. The number of halogens is 1. The fraction of sp³-hybridized carbons (Fsp3) is 0.533. The summed E-state index contributed by atoms with van der Waals surface area (Å²) in [5.74, 6) is -0.645. The molecule has 1 aliphatic rings. The molecule has 1 unspecified atom stereocenters. The molecule has 21 heavy (non-hydrogen) atoms. The van der Waals surface area contributed by atoms with Crippen molar-refractivity contribution in [2.24, 2.45) is 11.1 Å². The second-order valence-corrected chi connectivity index (χ2v) is 6.10. The number of hydrogen-bond donors (Lipinski definition) is 2. The third-order valence-electron chi connectivity index (χ3n) is 3.85. The summed E-state index contributed by atoms with van der Waals surface area (Å²) >= 11 is 0. The summed E-state index contributed by atoms with van der Waals surface area (Å²) < 4.78 is 19.3. The van der Waals surface area contributed by atoms with Crippen molar-refractivity contribution in [2.75, 3.05) is 23.7 Å². The molecule has 1 amide bonds. The first kappa shape index (κ1) is 15.4. The van der Waals surface area contributed by atoms with Gasteiger partial charge in [-0.1, -0.05) is 0 Å². The number of rotatable bonds is 4. The third-order valence-corrected chi connectivity index (χ3v) is 3.85. The molecule has 0 spiro atoms. The largest absolute Gasteiger partial charge is 0.488 e. The lowest BCUT2D eigenvalue weighted by Gasteiger charge is -2.24. The number of nitrogens with zero attached hydrogens (tertiary/aromatic N) is 1. The van der Waals surface area contributed by atoms with Gasteiger partial charge in [0.2, 0.25) is 5.91 Å². The molecule has 6 heteroatoms. The molecule has 0 aliphatic carbocycles. The van der Waals surface area contributed by atoms with Crippen LogP contribution < -0.4 is 21.1 Å². The molecule has 1 aliphatic heterocycles. The summed E-state index contributed by atoms with van der Waals surface area (Å²) in [4.78, 5) is 13.5. The zero-order chi connectivity index (χ0) is 15.8. The van der Waals surface area contributed by atoms with E-state index < -0.39 is 11.2 Å². The van der Waals surface area contributed by atoms with Crippen LogP contribution in [0.25, 0.3) is 0 Å². The first-order valence-electron chi connectivity index (χ1n) is 7.03. The van der Waals surface area contributed by atoms with Crippen molar-refractivity contribution in [3.8, 4) is 5.75 Å². The summed E-state index contributed by atoms with van der Waals surface area (Å²) in [6.07, 6.45) is 0.518. The molecule has 1 heterocycles. The molecular weight excluding hydrogens is 273 g/mol. The van der Waals surface area contributed by atoms with Gasteiger partial charge in [0.15, 0.2) is 11.6 Å². The van der Waals surface area contributed by atoms with Crippen molar-refractivity contribution in [1.29, 1.82) is 0 Å². The summed E-state index contributed by atoms with van der Waals surface area (Å²) in [6.45, 7) is 6.61. The van der Waals surface area contributed by atoms with E-state index in [1.807, 2.05) is 25.7 Å². The maximum absolute atomic E-state index is 13.9. The Morgan fingerprint density at radius 3 is 2.67 bits per heavy atom. The van der Waals surface area contributed by atoms with Crippen molar-refractivity contribution in [3.05, 3.63) is 17.9 Å². The molecule has 4 N–H and O–H groups in total. The van der Waals surface area contributed by atoms with E-state index in [4.69, 9.17) is 16.2 Å². The van der Waals surface area contributed by atoms with Crippen molar-refractivity contribution in [3.63, 3.8) is 0 Å². The van der Waals surface area contributed by atoms with Gasteiger partial charge in [-0.3, -0.25) is 4.79 Å². The van der Waals surface area contributed by atoms with Gasteiger partial charge in [-0.15, -0.1) is 0 Å². The minimum Gasteiger partial charge on any atom is -0.488 e. The SMILES string of the molecule is CC(C)Oc1cc(N2CCC(C)(C(N)=O)C2)c(N)cc1F. The maximum atomic E-state index is 13.9. The molecule has 2 rings (SSSR count). The van der Waals surface area contributed by atoms with Gasteiger partial charge in [0.1, 0.15) is 0 Å². The van der Waals surface area contributed by atoms with Gasteiger partial charge in [0.05, 0.1) is 22.9 Å². The highest BCUT2D eigenvalue weighted by molar-refractivity contribution is 5.83. The predicted molar refractivity (Wildman–Crippen MR) is 80.7 cm³/mol. The lowest BCUT2D eigenvalue weighted by molar-refractivity contribution is -0.125. The number of hydrogen-bond acceptors (Lipinski definition) is 4. The summed E-state index contributed by atoms with van der Waals surface area (Å²) in [5, 5.41) is 0. The monoisotopic (exact) mass is 295 g/mol. The number of nitrogen functional groups attached to an aromatic ring is 1. The Labute approximate surface area is 124 Å². The smallest absolute Gasteiger partial charge is 0.225 e. The van der Waals surface area contributed by atoms with Crippen molar-refractivity contribution in [2.45, 2.75) is 33.3 Å². The van der Waals surface area contributed by atoms with Crippen LogP contribution in [0.2, 0.25) is 0 Å². The van der Waals surface area contributed by atoms with E-state index in [-0.39, 0.29) is 17.8 Å². The normalized spacial score (nSPS) is 21.9. The van der Waals surface area contributed by atoms with Crippen molar-refractivity contribution >= 4 is 17.3 Å². The number of ether oxygens (including phenoxy) is 1. The highest BCUT2D eigenvalue weighted by Crippen LogP contribution is 2.38. The topological polar surface area (TPSA) is 81.6 Å². The van der Waals surface area contributed by atoms with Crippen molar-refractivity contribution < 1.29 is 13.9 Å². The summed E-state index contributed by atoms with van der Waals surface area (Å²) in [7, 11) is 0. The molecule has 0 saturated carbocycles. The molecular formula is C15H22FN3O2. The fourth-order valence-corrected chi connectivity index (χ4v) is 2.54. The molecule has 1 fully saturated rings. The molecule has 5 nitrogen and oxygen atoms in total. The highest BCUT2D eigenvalue weighted by atomic mass is 19.1. The first-order valence-corrected chi connectivity index (χ1v) is 7.03. The van der Waals surface area contributed by atoms with Gasteiger partial charge in [-0.2, -0.15) is 0 Å². The lowest BCUT2D eigenvalue weighted by Crippen LogP contribution is -2.37. The van der Waals surface area contributed by atoms with Gasteiger partial charge in [-0.05, 0) is 27.2 Å². The van der Waals surface area contributed by atoms with Crippen LogP contribution in [-0.2, 0) is 4.79 Å². The van der Waals surface area contributed by atoms with E-state index in [9.17, 15) is 9.18 Å².